The number of morpholine rings is 1. The minimum absolute atomic E-state index is 0.0320. The Hall–Kier alpha value is -1.93. The molecule has 2 heterocycles. The lowest BCUT2D eigenvalue weighted by Gasteiger charge is -2.44. The summed E-state index contributed by atoms with van der Waals surface area (Å²) >= 11 is 6.10. The molecule has 2 amide bonds. The van der Waals surface area contributed by atoms with Gasteiger partial charge in [-0.2, -0.15) is 0 Å². The van der Waals surface area contributed by atoms with E-state index in [-0.39, 0.29) is 56.4 Å². The van der Waals surface area contributed by atoms with Crippen LogP contribution in [-0.2, 0) is 14.3 Å². The molecule has 0 spiro atoms. The Labute approximate surface area is 204 Å². The van der Waals surface area contributed by atoms with Gasteiger partial charge in [0.15, 0.2) is 0 Å². The van der Waals surface area contributed by atoms with Crippen LogP contribution >= 0.6 is 11.6 Å². The van der Waals surface area contributed by atoms with Crippen molar-refractivity contribution in [2.24, 2.45) is 11.3 Å². The average Bonchev–Trinajstić information content (AvgIpc) is 2.83. The van der Waals surface area contributed by atoms with Crippen molar-refractivity contribution in [2.75, 3.05) is 46.0 Å². The second kappa shape index (κ2) is 10.8. The largest absolute Gasteiger partial charge is 0.493 e. The number of nitrogens with zero attached hydrogens (tertiary/aromatic N) is 2. The summed E-state index contributed by atoms with van der Waals surface area (Å²) in [5, 5.41) is 0.561. The second-order valence-electron chi connectivity index (χ2n) is 9.91. The average molecular weight is 499 g/mol. The number of ether oxygens (including phenoxy) is 2. The smallest absolute Gasteiger partial charge is 0.248 e. The summed E-state index contributed by atoms with van der Waals surface area (Å²) in [5.74, 6) is -2.47. The maximum Gasteiger partial charge on any atom is 0.248 e. The quantitative estimate of drug-likeness (QED) is 0.583. The molecule has 9 heteroatoms. The van der Waals surface area contributed by atoms with E-state index in [1.54, 1.807) is 23.1 Å². The molecule has 3 fully saturated rings. The molecule has 4 rings (SSSR count). The Morgan fingerprint density at radius 2 is 1.82 bits per heavy atom. The summed E-state index contributed by atoms with van der Waals surface area (Å²) in [6, 6.07) is 7.12. The van der Waals surface area contributed by atoms with Crippen LogP contribution < -0.4 is 4.74 Å². The molecule has 1 unspecified atom stereocenters. The van der Waals surface area contributed by atoms with E-state index in [1.807, 2.05) is 11.0 Å². The zero-order valence-corrected chi connectivity index (χ0v) is 20.2. The molecule has 0 bridgehead atoms. The lowest BCUT2D eigenvalue weighted by atomic mass is 9.76. The Bertz CT molecular complexity index is 870. The summed E-state index contributed by atoms with van der Waals surface area (Å²) in [5.41, 5.74) is -0.551. The summed E-state index contributed by atoms with van der Waals surface area (Å²) in [4.78, 5) is 30.1. The maximum absolute atomic E-state index is 13.6. The number of hydrogen-bond acceptors (Lipinski definition) is 4. The third kappa shape index (κ3) is 6.39. The van der Waals surface area contributed by atoms with Crippen LogP contribution in [0.15, 0.2) is 24.3 Å². The van der Waals surface area contributed by atoms with E-state index in [2.05, 4.69) is 0 Å². The number of carbonyl (C=O) groups is 2. The molecule has 0 radical (unpaired) electrons. The Kier molecular flexibility index (Phi) is 7.97. The van der Waals surface area contributed by atoms with Crippen LogP contribution in [-0.4, -0.2) is 73.5 Å². The number of rotatable bonds is 6. The Morgan fingerprint density at radius 3 is 2.53 bits per heavy atom. The van der Waals surface area contributed by atoms with Crippen LogP contribution in [0.1, 0.15) is 44.9 Å². The van der Waals surface area contributed by atoms with Gasteiger partial charge < -0.3 is 19.3 Å². The number of benzene rings is 1. The fourth-order valence-corrected chi connectivity index (χ4v) is 5.47. The minimum Gasteiger partial charge on any atom is -0.493 e. The zero-order valence-electron chi connectivity index (χ0n) is 19.4. The van der Waals surface area contributed by atoms with Gasteiger partial charge in [-0.3, -0.25) is 9.59 Å². The standard InChI is InChI=1S/C25H33ClF2N2O4/c26-20-3-1-4-21(15-20)34-18-24(16-22(31)29-11-13-33-14-12-29)7-2-10-30(17-24)23(32)19-5-8-25(27,28)9-6-19/h1,3-4,15,19H,2,5-14,16-18H2. The van der Waals surface area contributed by atoms with Crippen molar-refractivity contribution in [3.8, 4) is 5.75 Å². The van der Waals surface area contributed by atoms with E-state index in [0.29, 0.717) is 50.2 Å². The number of amides is 2. The van der Waals surface area contributed by atoms with Gasteiger partial charge in [-0.15, -0.1) is 0 Å². The number of likely N-dealkylation sites (tertiary alicyclic amines) is 1. The molecule has 6 nitrogen and oxygen atoms in total. The molecule has 3 aliphatic rings. The van der Waals surface area contributed by atoms with Gasteiger partial charge in [-0.05, 0) is 43.9 Å². The highest BCUT2D eigenvalue weighted by Gasteiger charge is 2.44. The van der Waals surface area contributed by atoms with Gasteiger partial charge in [0, 0.05) is 61.8 Å². The molecule has 188 valence electrons. The minimum atomic E-state index is -2.67. The predicted molar refractivity (Wildman–Crippen MR) is 124 cm³/mol. The first-order valence-corrected chi connectivity index (χ1v) is 12.5. The molecule has 1 saturated carbocycles. The van der Waals surface area contributed by atoms with Gasteiger partial charge in [0.1, 0.15) is 5.75 Å². The van der Waals surface area contributed by atoms with Gasteiger partial charge in [0.25, 0.3) is 0 Å². The number of carbonyl (C=O) groups excluding carboxylic acids is 2. The highest BCUT2D eigenvalue weighted by Crippen LogP contribution is 2.40. The first-order valence-electron chi connectivity index (χ1n) is 12.2. The number of hydrogen-bond donors (Lipinski definition) is 0. The maximum atomic E-state index is 13.6. The first kappa shape index (κ1) is 25.2. The summed E-state index contributed by atoms with van der Waals surface area (Å²) in [6.45, 7) is 3.40. The lowest BCUT2D eigenvalue weighted by molar-refractivity contribution is -0.148. The van der Waals surface area contributed by atoms with Crippen molar-refractivity contribution in [3.63, 3.8) is 0 Å². The molecule has 2 saturated heterocycles. The van der Waals surface area contributed by atoms with Gasteiger partial charge >= 0.3 is 0 Å². The molecule has 1 atom stereocenters. The molecule has 1 aliphatic carbocycles. The van der Waals surface area contributed by atoms with E-state index in [4.69, 9.17) is 21.1 Å². The summed E-state index contributed by atoms with van der Waals surface area (Å²) in [6.07, 6.45) is 1.69. The van der Waals surface area contributed by atoms with Gasteiger partial charge in [0.2, 0.25) is 17.7 Å². The van der Waals surface area contributed by atoms with Crippen molar-refractivity contribution in [1.29, 1.82) is 0 Å². The summed E-state index contributed by atoms with van der Waals surface area (Å²) in [7, 11) is 0. The van der Waals surface area contributed by atoms with E-state index in [0.717, 1.165) is 12.8 Å². The normalized spacial score (nSPS) is 25.7. The van der Waals surface area contributed by atoms with Crippen molar-refractivity contribution in [2.45, 2.75) is 50.9 Å². The van der Waals surface area contributed by atoms with Crippen LogP contribution in [0.4, 0.5) is 8.78 Å². The van der Waals surface area contributed by atoms with E-state index in [9.17, 15) is 18.4 Å². The third-order valence-electron chi connectivity index (χ3n) is 7.27. The van der Waals surface area contributed by atoms with Crippen molar-refractivity contribution >= 4 is 23.4 Å². The molecule has 0 aromatic heterocycles. The van der Waals surface area contributed by atoms with Crippen molar-refractivity contribution in [3.05, 3.63) is 29.3 Å². The van der Waals surface area contributed by atoms with E-state index in [1.165, 1.54) is 0 Å². The van der Waals surface area contributed by atoms with Gasteiger partial charge in [-0.1, -0.05) is 17.7 Å². The Morgan fingerprint density at radius 1 is 1.09 bits per heavy atom. The van der Waals surface area contributed by atoms with Crippen molar-refractivity contribution in [1.82, 2.24) is 9.80 Å². The highest BCUT2D eigenvalue weighted by atomic mass is 35.5. The molecular weight excluding hydrogens is 466 g/mol. The molecule has 1 aromatic carbocycles. The topological polar surface area (TPSA) is 59.1 Å². The molecule has 1 aromatic rings. The SMILES string of the molecule is O=C(CC1(COc2cccc(Cl)c2)CCCN(C(=O)C2CCC(F)(F)CC2)C1)N1CCOCC1. The van der Waals surface area contributed by atoms with E-state index >= 15 is 0 Å². The molecular formula is C25H33ClF2N2O4. The van der Waals surface area contributed by atoms with Crippen LogP contribution in [0.3, 0.4) is 0 Å². The lowest BCUT2D eigenvalue weighted by Crippen LogP contribution is -2.53. The van der Waals surface area contributed by atoms with E-state index < -0.39 is 11.3 Å². The van der Waals surface area contributed by atoms with Crippen LogP contribution in [0.5, 0.6) is 5.75 Å². The van der Waals surface area contributed by atoms with Gasteiger partial charge in [-0.25, -0.2) is 8.78 Å². The monoisotopic (exact) mass is 498 g/mol. The van der Waals surface area contributed by atoms with Gasteiger partial charge in [0.05, 0.1) is 19.8 Å². The molecule has 2 aliphatic heterocycles. The Balaban J connectivity index is 1.47. The van der Waals surface area contributed by atoms with Crippen LogP contribution in [0.2, 0.25) is 5.02 Å². The first-order chi connectivity index (χ1) is 16.3. The predicted octanol–water partition coefficient (Wildman–Crippen LogP) is 4.40. The van der Waals surface area contributed by atoms with Crippen LogP contribution in [0, 0.1) is 11.3 Å². The third-order valence-corrected chi connectivity index (χ3v) is 7.51. The molecule has 34 heavy (non-hydrogen) atoms. The van der Waals surface area contributed by atoms with Crippen molar-refractivity contribution < 1.29 is 27.8 Å². The second-order valence-corrected chi connectivity index (χ2v) is 10.3. The highest BCUT2D eigenvalue weighted by molar-refractivity contribution is 6.30. The fourth-order valence-electron chi connectivity index (χ4n) is 5.29. The number of piperidine rings is 1. The van der Waals surface area contributed by atoms with Crippen LogP contribution in [0.25, 0.3) is 0 Å². The zero-order chi connectivity index (χ0) is 24.2. The number of halogens is 3. The summed E-state index contributed by atoms with van der Waals surface area (Å²) < 4.78 is 38.7. The number of alkyl halides is 2. The molecule has 0 N–H and O–H groups in total. The fraction of sp³-hybridized carbons (Fsp3) is 0.680.